The zero-order valence-corrected chi connectivity index (χ0v) is 32.7. The minimum absolute atomic E-state index is 0.152. The summed E-state index contributed by atoms with van der Waals surface area (Å²) in [7, 11) is -2.29. The van der Waals surface area contributed by atoms with Gasteiger partial charge in [-0.25, -0.2) is 0 Å². The molecule has 1 unspecified atom stereocenters. The summed E-state index contributed by atoms with van der Waals surface area (Å²) in [4.78, 5) is 0. The third-order valence-corrected chi connectivity index (χ3v) is 21.0. The first-order valence-corrected chi connectivity index (χ1v) is 23.6. The molecular weight excluding hydrogens is 722 g/mol. The molecule has 0 N–H and O–H groups in total. The fourth-order valence-electron chi connectivity index (χ4n) is 11.3. The van der Waals surface area contributed by atoms with Crippen molar-refractivity contribution in [2.75, 3.05) is 0 Å². The maximum atomic E-state index is 2.73. The zero-order valence-electron chi connectivity index (χ0n) is 30.0. The summed E-state index contributed by atoms with van der Waals surface area (Å²) in [6, 6.07) is 53.5. The molecule has 12 rings (SSSR count). The number of rotatable bonds is 4. The van der Waals surface area contributed by atoms with Crippen LogP contribution in [0.15, 0.2) is 133 Å². The van der Waals surface area contributed by atoms with Gasteiger partial charge in [-0.15, -0.1) is 0 Å². The second-order valence-electron chi connectivity index (χ2n) is 15.6. The van der Waals surface area contributed by atoms with Crippen molar-refractivity contribution in [2.24, 2.45) is 0 Å². The number of fused-ring (bicyclic) bond motifs is 10. The van der Waals surface area contributed by atoms with Gasteiger partial charge in [0.25, 0.3) is 0 Å². The molecule has 0 amide bonds. The zero-order chi connectivity index (χ0) is 34.8. The molecule has 1 atom stereocenters. The van der Waals surface area contributed by atoms with Gasteiger partial charge in [0.05, 0.1) is 0 Å². The van der Waals surface area contributed by atoms with Crippen LogP contribution < -0.4 is 40.9 Å². The molecule has 2 nitrogen and oxygen atoms in total. The van der Waals surface area contributed by atoms with Gasteiger partial charge in [0.15, 0.2) is 0 Å². The number of benzene rings is 6. The monoisotopic (exact) mass is 762 g/mol. The van der Waals surface area contributed by atoms with Crippen LogP contribution in [0.4, 0.5) is 0 Å². The Morgan fingerprint density at radius 1 is 0.604 bits per heavy atom. The van der Waals surface area contributed by atoms with Crippen molar-refractivity contribution in [2.45, 2.75) is 51.5 Å². The van der Waals surface area contributed by atoms with Crippen molar-refractivity contribution >= 4 is 92.4 Å². The standard InChI is InChI=1S/C48H39BN2SeSi/c1-2-53(32-15-4-3-5-16-32)45-27-11-8-21-37(45)49-38-29-31(50-39-22-9-6-17-33(39)35-19-12-24-40(35)50)30-43(48(38)52-44-26-14-28-46(53)47(44)49)51-41-23-10-7-18-34(41)36-20-13-25-42(36)51/h3-11,14-18,21-23,26-30H,2,12-13,19-20,24-25H2,1H3. The van der Waals surface area contributed by atoms with E-state index in [4.69, 9.17) is 0 Å². The van der Waals surface area contributed by atoms with Crippen LogP contribution in [0.1, 0.15) is 42.3 Å². The molecule has 4 heterocycles. The minimum atomic E-state index is -2.29. The van der Waals surface area contributed by atoms with Crippen molar-refractivity contribution in [1.29, 1.82) is 0 Å². The SMILES string of the molecule is CC[Si]1(c2ccccc2)c2ccccc2B2c3cc(-n4c5c(c6ccccc64)CCC5)cc(-n4c5c(c6ccccc64)CCC5)c3[Se]c3cccc1c32. The number of hydrogen-bond donors (Lipinski definition) is 0. The molecule has 0 bridgehead atoms. The van der Waals surface area contributed by atoms with E-state index in [-0.39, 0.29) is 21.7 Å². The molecule has 53 heavy (non-hydrogen) atoms. The Balaban J connectivity index is 1.21. The molecule has 0 saturated heterocycles. The third kappa shape index (κ3) is 4.00. The average molecular weight is 762 g/mol. The summed E-state index contributed by atoms with van der Waals surface area (Å²) >= 11 is 0.152. The molecular formula is C48H39BN2SeSi. The van der Waals surface area contributed by atoms with Crippen LogP contribution >= 0.6 is 0 Å². The molecule has 0 radical (unpaired) electrons. The Morgan fingerprint density at radius 2 is 1.25 bits per heavy atom. The summed E-state index contributed by atoms with van der Waals surface area (Å²) in [5, 5.41) is 7.68. The van der Waals surface area contributed by atoms with Crippen LogP contribution in [0.25, 0.3) is 33.2 Å². The number of aryl methyl sites for hydroxylation is 2. The van der Waals surface area contributed by atoms with Crippen molar-refractivity contribution in [3.8, 4) is 11.4 Å². The van der Waals surface area contributed by atoms with Crippen LogP contribution in [0.5, 0.6) is 0 Å². The van der Waals surface area contributed by atoms with Gasteiger partial charge >= 0.3 is 320 Å². The van der Waals surface area contributed by atoms with E-state index in [1.165, 1.54) is 81.2 Å². The van der Waals surface area contributed by atoms with Gasteiger partial charge in [0, 0.05) is 0 Å². The van der Waals surface area contributed by atoms with Gasteiger partial charge in [-0.1, -0.05) is 0 Å². The van der Waals surface area contributed by atoms with Gasteiger partial charge in [-0.05, 0) is 0 Å². The van der Waals surface area contributed by atoms with Crippen LogP contribution in [-0.4, -0.2) is 38.9 Å². The summed E-state index contributed by atoms with van der Waals surface area (Å²) in [5.74, 6) is 0. The predicted octanol–water partition coefficient (Wildman–Crippen LogP) is 4.84. The van der Waals surface area contributed by atoms with E-state index in [1.54, 1.807) is 41.1 Å². The molecule has 2 aliphatic heterocycles. The van der Waals surface area contributed by atoms with Crippen molar-refractivity contribution < 1.29 is 0 Å². The van der Waals surface area contributed by atoms with Gasteiger partial charge in [0.2, 0.25) is 0 Å². The van der Waals surface area contributed by atoms with E-state index >= 15 is 0 Å². The fraction of sp³-hybridized carbons (Fsp3) is 0.167. The number of hydrogen-bond acceptors (Lipinski definition) is 0. The Labute approximate surface area is 318 Å². The summed E-state index contributed by atoms with van der Waals surface area (Å²) < 4.78 is 8.55. The normalized spacial score (nSPS) is 17.9. The van der Waals surface area contributed by atoms with Gasteiger partial charge in [0.1, 0.15) is 0 Å². The summed E-state index contributed by atoms with van der Waals surface area (Å²) in [5.41, 5.74) is 16.4. The van der Waals surface area contributed by atoms with Gasteiger partial charge < -0.3 is 0 Å². The molecule has 0 spiro atoms. The maximum absolute atomic E-state index is 2.73. The number of aromatic nitrogens is 2. The topological polar surface area (TPSA) is 9.86 Å². The Bertz CT molecular complexity index is 2830. The second kappa shape index (κ2) is 11.4. The molecule has 2 aliphatic carbocycles. The van der Waals surface area contributed by atoms with Crippen LogP contribution in [0.2, 0.25) is 6.04 Å². The van der Waals surface area contributed by atoms with Gasteiger partial charge in [-0.3, -0.25) is 0 Å². The Kier molecular flexibility index (Phi) is 6.56. The summed E-state index contributed by atoms with van der Waals surface area (Å²) in [6.45, 7) is 2.67. The molecule has 2 aromatic heterocycles. The molecule has 0 fully saturated rings. The number of nitrogens with zero attached hydrogens (tertiary/aromatic N) is 2. The van der Waals surface area contributed by atoms with Crippen molar-refractivity contribution in [3.05, 3.63) is 156 Å². The van der Waals surface area contributed by atoms with Crippen LogP contribution in [-0.2, 0) is 25.7 Å². The van der Waals surface area contributed by atoms with E-state index in [0.717, 1.165) is 18.9 Å². The van der Waals surface area contributed by atoms with E-state index in [1.807, 2.05) is 0 Å². The Hall–Kier alpha value is -4.80. The third-order valence-electron chi connectivity index (χ3n) is 13.3. The first kappa shape index (κ1) is 30.6. The Morgan fingerprint density at radius 3 is 2.00 bits per heavy atom. The van der Waals surface area contributed by atoms with E-state index in [2.05, 4.69) is 150 Å². The number of para-hydroxylation sites is 2. The summed E-state index contributed by atoms with van der Waals surface area (Å²) in [6.07, 6.45) is 7.12. The first-order chi connectivity index (χ1) is 26.3. The van der Waals surface area contributed by atoms with E-state index in [0.29, 0.717) is 0 Å². The van der Waals surface area contributed by atoms with E-state index < -0.39 is 8.07 Å². The molecule has 0 saturated carbocycles. The average Bonchev–Trinajstić information content (AvgIpc) is 4.00. The fourth-order valence-corrected chi connectivity index (χ4v) is 19.2. The first-order valence-electron chi connectivity index (χ1n) is 19.6. The van der Waals surface area contributed by atoms with E-state index in [9.17, 15) is 0 Å². The molecule has 6 aromatic carbocycles. The quantitative estimate of drug-likeness (QED) is 0.228. The second-order valence-corrected chi connectivity index (χ2v) is 22.0. The van der Waals surface area contributed by atoms with Crippen molar-refractivity contribution in [3.63, 3.8) is 0 Å². The van der Waals surface area contributed by atoms with Crippen LogP contribution in [0, 0.1) is 0 Å². The molecule has 5 heteroatoms. The van der Waals surface area contributed by atoms with Crippen molar-refractivity contribution in [1.82, 2.24) is 9.13 Å². The van der Waals surface area contributed by atoms with Crippen LogP contribution in [0.3, 0.4) is 0 Å². The van der Waals surface area contributed by atoms with Gasteiger partial charge in [-0.2, -0.15) is 0 Å². The molecule has 4 aliphatic rings. The molecule has 8 aromatic rings. The predicted molar refractivity (Wildman–Crippen MR) is 228 cm³/mol. The molecule has 254 valence electrons.